The van der Waals surface area contributed by atoms with Gasteiger partial charge in [0.25, 0.3) is 11.2 Å². The standard InChI is InChI=1S/C16H17N3O4S/c1-12-2-5-14(6-3-12)24-9-8-17-15(20)11-18-10-13(19(22)23)4-7-16(18)21/h2-7,10H,8-9,11H2,1H3,(H,17,20). The van der Waals surface area contributed by atoms with E-state index in [2.05, 4.69) is 5.32 Å². The van der Waals surface area contributed by atoms with Gasteiger partial charge in [0.1, 0.15) is 6.54 Å². The number of pyridine rings is 1. The lowest BCUT2D eigenvalue weighted by atomic mass is 10.2. The molecule has 1 heterocycles. The van der Waals surface area contributed by atoms with E-state index in [9.17, 15) is 19.7 Å². The predicted octanol–water partition coefficient (Wildman–Crippen LogP) is 1.97. The van der Waals surface area contributed by atoms with Gasteiger partial charge in [0.2, 0.25) is 5.91 Å². The Balaban J connectivity index is 1.81. The monoisotopic (exact) mass is 347 g/mol. The highest BCUT2D eigenvalue weighted by atomic mass is 32.2. The van der Waals surface area contributed by atoms with Crippen molar-refractivity contribution in [1.29, 1.82) is 0 Å². The van der Waals surface area contributed by atoms with E-state index < -0.39 is 10.5 Å². The molecule has 0 unspecified atom stereocenters. The fourth-order valence-corrected chi connectivity index (χ4v) is 2.72. The van der Waals surface area contributed by atoms with Crippen molar-refractivity contribution in [3.63, 3.8) is 0 Å². The summed E-state index contributed by atoms with van der Waals surface area (Å²) in [6.45, 7) is 2.22. The van der Waals surface area contributed by atoms with Crippen LogP contribution in [0.5, 0.6) is 0 Å². The van der Waals surface area contributed by atoms with Crippen LogP contribution in [-0.4, -0.2) is 27.7 Å². The Hall–Kier alpha value is -2.61. The van der Waals surface area contributed by atoms with Gasteiger partial charge in [0.05, 0.1) is 11.1 Å². The van der Waals surface area contributed by atoms with Crippen LogP contribution in [0.3, 0.4) is 0 Å². The molecule has 0 aliphatic carbocycles. The minimum Gasteiger partial charge on any atom is -0.354 e. The van der Waals surface area contributed by atoms with Gasteiger partial charge in [-0.3, -0.25) is 24.3 Å². The van der Waals surface area contributed by atoms with Gasteiger partial charge in [0, 0.05) is 29.3 Å². The highest BCUT2D eigenvalue weighted by molar-refractivity contribution is 7.99. The van der Waals surface area contributed by atoms with Gasteiger partial charge in [-0.1, -0.05) is 17.7 Å². The molecular weight excluding hydrogens is 330 g/mol. The molecule has 0 fully saturated rings. The Labute approximate surface area is 142 Å². The van der Waals surface area contributed by atoms with Crippen LogP contribution < -0.4 is 10.9 Å². The van der Waals surface area contributed by atoms with Crippen LogP contribution in [0.25, 0.3) is 0 Å². The summed E-state index contributed by atoms with van der Waals surface area (Å²) in [6, 6.07) is 10.3. The number of amides is 1. The molecule has 1 amide bonds. The van der Waals surface area contributed by atoms with E-state index >= 15 is 0 Å². The molecule has 1 aromatic carbocycles. The van der Waals surface area contributed by atoms with Crippen molar-refractivity contribution in [2.75, 3.05) is 12.3 Å². The molecule has 1 aromatic heterocycles. The van der Waals surface area contributed by atoms with E-state index in [1.807, 2.05) is 31.2 Å². The fourth-order valence-electron chi connectivity index (χ4n) is 1.95. The first-order valence-electron chi connectivity index (χ1n) is 7.27. The topological polar surface area (TPSA) is 94.2 Å². The molecule has 0 spiro atoms. The van der Waals surface area contributed by atoms with E-state index in [1.54, 1.807) is 11.8 Å². The summed E-state index contributed by atoms with van der Waals surface area (Å²) < 4.78 is 1.03. The molecule has 126 valence electrons. The summed E-state index contributed by atoms with van der Waals surface area (Å²) in [6.07, 6.45) is 1.07. The van der Waals surface area contributed by atoms with Crippen LogP contribution in [0.4, 0.5) is 5.69 Å². The number of nitrogens with one attached hydrogen (secondary N) is 1. The third kappa shape index (κ3) is 5.24. The number of hydrogen-bond acceptors (Lipinski definition) is 5. The summed E-state index contributed by atoms with van der Waals surface area (Å²) in [5, 5.41) is 13.4. The zero-order valence-corrected chi connectivity index (χ0v) is 13.9. The molecule has 0 bridgehead atoms. The summed E-state index contributed by atoms with van der Waals surface area (Å²) in [7, 11) is 0. The number of carbonyl (C=O) groups excluding carboxylic acids is 1. The molecule has 0 saturated heterocycles. The first kappa shape index (κ1) is 17.7. The Bertz CT molecular complexity index is 787. The van der Waals surface area contributed by atoms with E-state index in [0.717, 1.165) is 27.8 Å². The summed E-state index contributed by atoms with van der Waals surface area (Å²) in [4.78, 5) is 34.7. The Kier molecular flexibility index (Phi) is 6.14. The van der Waals surface area contributed by atoms with Crippen LogP contribution in [-0.2, 0) is 11.3 Å². The van der Waals surface area contributed by atoms with Crippen molar-refractivity contribution in [1.82, 2.24) is 9.88 Å². The predicted molar refractivity (Wildman–Crippen MR) is 92.3 cm³/mol. The lowest BCUT2D eigenvalue weighted by Crippen LogP contribution is -2.33. The Morgan fingerprint density at radius 1 is 1.25 bits per heavy atom. The van der Waals surface area contributed by atoms with Crippen LogP contribution in [0, 0.1) is 17.0 Å². The zero-order chi connectivity index (χ0) is 17.5. The molecule has 8 heteroatoms. The molecule has 1 N–H and O–H groups in total. The molecule has 0 saturated carbocycles. The number of rotatable bonds is 7. The van der Waals surface area contributed by atoms with E-state index in [4.69, 9.17) is 0 Å². The fraction of sp³-hybridized carbons (Fsp3) is 0.250. The molecule has 7 nitrogen and oxygen atoms in total. The third-order valence-corrected chi connectivity index (χ3v) is 4.22. The maximum absolute atomic E-state index is 11.9. The van der Waals surface area contributed by atoms with Crippen molar-refractivity contribution in [3.05, 3.63) is 68.6 Å². The highest BCUT2D eigenvalue weighted by Crippen LogP contribution is 2.17. The second-order valence-corrected chi connectivity index (χ2v) is 6.29. The molecule has 0 aliphatic heterocycles. The maximum Gasteiger partial charge on any atom is 0.285 e. The smallest absolute Gasteiger partial charge is 0.285 e. The normalized spacial score (nSPS) is 10.4. The SMILES string of the molecule is Cc1ccc(SCCNC(=O)Cn2cc([N+](=O)[O-])ccc2=O)cc1. The van der Waals surface area contributed by atoms with Gasteiger partial charge in [-0.2, -0.15) is 0 Å². The van der Waals surface area contributed by atoms with Crippen LogP contribution >= 0.6 is 11.8 Å². The molecular formula is C16H17N3O4S. The number of carbonyl (C=O) groups is 1. The van der Waals surface area contributed by atoms with Crippen molar-refractivity contribution < 1.29 is 9.72 Å². The summed E-state index contributed by atoms with van der Waals surface area (Å²) >= 11 is 1.61. The molecule has 24 heavy (non-hydrogen) atoms. The van der Waals surface area contributed by atoms with Crippen molar-refractivity contribution in [2.24, 2.45) is 0 Å². The molecule has 0 aliphatic rings. The van der Waals surface area contributed by atoms with E-state index in [-0.39, 0.29) is 18.1 Å². The van der Waals surface area contributed by atoms with Gasteiger partial charge in [-0.15, -0.1) is 11.8 Å². The largest absolute Gasteiger partial charge is 0.354 e. The van der Waals surface area contributed by atoms with Crippen molar-refractivity contribution >= 4 is 23.4 Å². The minimum absolute atomic E-state index is 0.225. The molecule has 0 atom stereocenters. The third-order valence-electron chi connectivity index (χ3n) is 3.21. The summed E-state index contributed by atoms with van der Waals surface area (Å²) in [5.74, 6) is 0.334. The Morgan fingerprint density at radius 3 is 2.62 bits per heavy atom. The number of benzene rings is 1. The number of nitrogens with zero attached hydrogens (tertiary/aromatic N) is 2. The molecule has 2 aromatic rings. The number of hydrogen-bond donors (Lipinski definition) is 1. The second-order valence-electron chi connectivity index (χ2n) is 5.12. The van der Waals surface area contributed by atoms with Crippen molar-refractivity contribution in [3.8, 4) is 0 Å². The average molecular weight is 347 g/mol. The average Bonchev–Trinajstić information content (AvgIpc) is 2.55. The maximum atomic E-state index is 11.9. The van der Waals surface area contributed by atoms with Crippen LogP contribution in [0.2, 0.25) is 0 Å². The first-order valence-corrected chi connectivity index (χ1v) is 8.25. The molecule has 0 radical (unpaired) electrons. The lowest BCUT2D eigenvalue weighted by Gasteiger charge is -2.07. The van der Waals surface area contributed by atoms with Gasteiger partial charge >= 0.3 is 0 Å². The molecule has 2 rings (SSSR count). The van der Waals surface area contributed by atoms with E-state index in [1.165, 1.54) is 5.56 Å². The van der Waals surface area contributed by atoms with Crippen LogP contribution in [0.1, 0.15) is 5.56 Å². The van der Waals surface area contributed by atoms with Gasteiger partial charge in [-0.25, -0.2) is 0 Å². The number of aromatic nitrogens is 1. The highest BCUT2D eigenvalue weighted by Gasteiger charge is 2.10. The second kappa shape index (κ2) is 8.30. The minimum atomic E-state index is -0.605. The van der Waals surface area contributed by atoms with E-state index in [0.29, 0.717) is 12.3 Å². The lowest BCUT2D eigenvalue weighted by molar-refractivity contribution is -0.385. The number of thioether (sulfide) groups is 1. The van der Waals surface area contributed by atoms with Gasteiger partial charge < -0.3 is 5.32 Å². The van der Waals surface area contributed by atoms with Crippen LogP contribution in [0.15, 0.2) is 52.3 Å². The van der Waals surface area contributed by atoms with Gasteiger partial charge in [0.15, 0.2) is 0 Å². The number of aryl methyl sites for hydroxylation is 1. The number of nitro groups is 1. The zero-order valence-electron chi connectivity index (χ0n) is 13.1. The first-order chi connectivity index (χ1) is 11.5. The van der Waals surface area contributed by atoms with Crippen molar-refractivity contribution in [2.45, 2.75) is 18.4 Å². The quantitative estimate of drug-likeness (QED) is 0.358. The Morgan fingerprint density at radius 2 is 1.96 bits per heavy atom. The van der Waals surface area contributed by atoms with Gasteiger partial charge in [-0.05, 0) is 19.1 Å². The summed E-state index contributed by atoms with van der Waals surface area (Å²) in [5.41, 5.74) is 0.511.